The second-order valence-electron chi connectivity index (χ2n) is 5.75. The first-order valence-electron chi connectivity index (χ1n) is 6.95. The van der Waals surface area contributed by atoms with E-state index in [-0.39, 0.29) is 0 Å². The Hall–Kier alpha value is -1.69. The van der Waals surface area contributed by atoms with Crippen LogP contribution in [0, 0.1) is 5.92 Å². The molecule has 0 fully saturated rings. The van der Waals surface area contributed by atoms with E-state index in [1.54, 1.807) is 18.2 Å². The van der Waals surface area contributed by atoms with Gasteiger partial charge in [-0.25, -0.2) is 18.4 Å². The van der Waals surface area contributed by atoms with Gasteiger partial charge in [0.1, 0.15) is 12.1 Å². The van der Waals surface area contributed by atoms with Gasteiger partial charge in [0.15, 0.2) is 9.84 Å². The minimum atomic E-state index is -3.24. The van der Waals surface area contributed by atoms with Crippen LogP contribution in [0.2, 0.25) is 0 Å². The van der Waals surface area contributed by atoms with Gasteiger partial charge in [0.25, 0.3) is 0 Å². The van der Waals surface area contributed by atoms with Gasteiger partial charge in [-0.2, -0.15) is 0 Å². The molecule has 0 unspecified atom stereocenters. The van der Waals surface area contributed by atoms with Crippen LogP contribution in [0.3, 0.4) is 0 Å². The van der Waals surface area contributed by atoms with Crippen LogP contribution in [0.15, 0.2) is 29.4 Å². The predicted molar refractivity (Wildman–Crippen MR) is 85.4 cm³/mol. The van der Waals surface area contributed by atoms with E-state index in [0.29, 0.717) is 10.8 Å². The Labute approximate surface area is 125 Å². The molecule has 0 spiro atoms. The lowest BCUT2D eigenvalue weighted by Crippen LogP contribution is -2.21. The molecule has 0 atom stereocenters. The number of aromatic nitrogens is 2. The van der Waals surface area contributed by atoms with Crippen LogP contribution < -0.4 is 4.90 Å². The summed E-state index contributed by atoms with van der Waals surface area (Å²) in [6, 6.07) is 4.97. The minimum Gasteiger partial charge on any atom is -0.359 e. The van der Waals surface area contributed by atoms with Gasteiger partial charge in [0.05, 0.1) is 10.4 Å². The van der Waals surface area contributed by atoms with Gasteiger partial charge in [-0.15, -0.1) is 0 Å². The van der Waals surface area contributed by atoms with Gasteiger partial charge in [-0.3, -0.25) is 0 Å². The van der Waals surface area contributed by atoms with Gasteiger partial charge < -0.3 is 4.90 Å². The summed E-state index contributed by atoms with van der Waals surface area (Å²) in [4.78, 5) is 10.9. The zero-order valence-electron chi connectivity index (χ0n) is 12.9. The topological polar surface area (TPSA) is 63.2 Å². The van der Waals surface area contributed by atoms with Crippen LogP contribution in [0.5, 0.6) is 0 Å². The molecule has 5 nitrogen and oxygen atoms in total. The van der Waals surface area contributed by atoms with Crippen LogP contribution >= 0.6 is 0 Å². The lowest BCUT2D eigenvalue weighted by Gasteiger charge is -2.20. The Morgan fingerprint density at radius 1 is 1.24 bits per heavy atom. The molecule has 0 N–H and O–H groups in total. The average Bonchev–Trinajstić information content (AvgIpc) is 2.42. The van der Waals surface area contributed by atoms with E-state index in [1.807, 2.05) is 7.05 Å². The highest BCUT2D eigenvalue weighted by atomic mass is 32.2. The quantitative estimate of drug-likeness (QED) is 0.849. The van der Waals surface area contributed by atoms with Crippen molar-refractivity contribution < 1.29 is 8.42 Å². The van der Waals surface area contributed by atoms with Crippen molar-refractivity contribution in [2.75, 3.05) is 24.7 Å². The minimum absolute atomic E-state index is 0.295. The maximum absolute atomic E-state index is 11.7. The van der Waals surface area contributed by atoms with Crippen LogP contribution in [0.25, 0.3) is 10.9 Å². The van der Waals surface area contributed by atoms with E-state index in [1.165, 1.54) is 12.6 Å². The normalized spacial score (nSPS) is 12.0. The summed E-state index contributed by atoms with van der Waals surface area (Å²) in [5.74, 6) is 1.37. The van der Waals surface area contributed by atoms with Gasteiger partial charge in [0.2, 0.25) is 0 Å². The molecule has 114 valence electrons. The zero-order chi connectivity index (χ0) is 15.6. The fourth-order valence-corrected chi connectivity index (χ4v) is 2.76. The number of sulfone groups is 1. The third kappa shape index (κ3) is 3.69. The predicted octanol–water partition coefficient (Wildman–Crippen LogP) is 2.52. The highest BCUT2D eigenvalue weighted by Crippen LogP contribution is 2.25. The largest absolute Gasteiger partial charge is 0.359 e. The molecule has 1 heterocycles. The van der Waals surface area contributed by atoms with Crippen LogP contribution in [0.4, 0.5) is 5.82 Å². The number of nitrogens with zero attached hydrogens (tertiary/aromatic N) is 3. The summed E-state index contributed by atoms with van der Waals surface area (Å²) in [5, 5.41) is 0.770. The van der Waals surface area contributed by atoms with Crippen LogP contribution in [-0.4, -0.2) is 38.2 Å². The Kier molecular flexibility index (Phi) is 4.46. The van der Waals surface area contributed by atoms with Crippen molar-refractivity contribution in [1.29, 1.82) is 0 Å². The first-order valence-corrected chi connectivity index (χ1v) is 8.84. The monoisotopic (exact) mass is 307 g/mol. The SMILES string of the molecule is CC(C)CCN(C)c1ncnc2ccc(S(C)(=O)=O)cc12. The highest BCUT2D eigenvalue weighted by molar-refractivity contribution is 7.90. The van der Waals surface area contributed by atoms with E-state index < -0.39 is 9.84 Å². The fraction of sp³-hybridized carbons (Fsp3) is 0.467. The molecule has 0 aliphatic heterocycles. The maximum Gasteiger partial charge on any atom is 0.175 e. The molecule has 0 saturated heterocycles. The maximum atomic E-state index is 11.7. The van der Waals surface area contributed by atoms with Crippen molar-refractivity contribution in [3.05, 3.63) is 24.5 Å². The van der Waals surface area contributed by atoms with Crippen molar-refractivity contribution >= 4 is 26.6 Å². The second kappa shape index (κ2) is 5.97. The van der Waals surface area contributed by atoms with Gasteiger partial charge in [-0.1, -0.05) is 13.8 Å². The molecule has 2 rings (SSSR count). The molecule has 2 aromatic rings. The summed E-state index contributed by atoms with van der Waals surface area (Å²) < 4.78 is 23.4. The molecule has 0 saturated carbocycles. The van der Waals surface area contributed by atoms with Crippen LogP contribution in [-0.2, 0) is 9.84 Å². The molecule has 6 heteroatoms. The summed E-state index contributed by atoms with van der Waals surface area (Å²) in [6.45, 7) is 5.22. The lowest BCUT2D eigenvalue weighted by molar-refractivity contribution is 0.584. The molecule has 1 aromatic heterocycles. The number of hydrogen-bond acceptors (Lipinski definition) is 5. The molecular weight excluding hydrogens is 286 g/mol. The zero-order valence-corrected chi connectivity index (χ0v) is 13.7. The first kappa shape index (κ1) is 15.7. The standard InChI is InChI=1S/C15H21N3O2S/c1-11(2)7-8-18(3)15-13-9-12(21(4,19)20)5-6-14(13)16-10-17-15/h5-6,9-11H,7-8H2,1-4H3. The summed E-state index contributed by atoms with van der Waals surface area (Å²) in [5.41, 5.74) is 0.754. The Morgan fingerprint density at radius 2 is 1.95 bits per heavy atom. The van der Waals surface area contributed by atoms with Gasteiger partial charge in [-0.05, 0) is 30.5 Å². The number of benzene rings is 1. The highest BCUT2D eigenvalue weighted by Gasteiger charge is 2.13. The average molecular weight is 307 g/mol. The van der Waals surface area contributed by atoms with Crippen molar-refractivity contribution in [2.45, 2.75) is 25.2 Å². The fourth-order valence-electron chi connectivity index (χ4n) is 2.11. The Morgan fingerprint density at radius 3 is 2.57 bits per heavy atom. The molecule has 0 amide bonds. The summed E-state index contributed by atoms with van der Waals surface area (Å²) in [7, 11) is -1.27. The lowest BCUT2D eigenvalue weighted by atomic mass is 10.1. The third-order valence-electron chi connectivity index (χ3n) is 3.42. The summed E-state index contributed by atoms with van der Waals surface area (Å²) >= 11 is 0. The van der Waals surface area contributed by atoms with E-state index in [9.17, 15) is 8.42 Å². The number of anilines is 1. The second-order valence-corrected chi connectivity index (χ2v) is 7.77. The van der Waals surface area contributed by atoms with E-state index >= 15 is 0 Å². The van der Waals surface area contributed by atoms with E-state index in [2.05, 4.69) is 28.7 Å². The summed E-state index contributed by atoms with van der Waals surface area (Å²) in [6.07, 6.45) is 3.78. The Balaban J connectivity index is 2.48. The number of rotatable bonds is 5. The van der Waals surface area contributed by atoms with Crippen LogP contribution in [0.1, 0.15) is 20.3 Å². The smallest absolute Gasteiger partial charge is 0.175 e. The van der Waals surface area contributed by atoms with Gasteiger partial charge in [0, 0.05) is 25.2 Å². The van der Waals surface area contributed by atoms with Crippen molar-refractivity contribution in [3.63, 3.8) is 0 Å². The molecule has 0 aliphatic carbocycles. The van der Waals surface area contributed by atoms with Crippen molar-refractivity contribution in [3.8, 4) is 0 Å². The molecule has 21 heavy (non-hydrogen) atoms. The third-order valence-corrected chi connectivity index (χ3v) is 4.53. The molecule has 0 aliphatic rings. The van der Waals surface area contributed by atoms with Crippen molar-refractivity contribution in [2.24, 2.45) is 5.92 Å². The molecular formula is C15H21N3O2S. The molecule has 0 radical (unpaired) electrons. The first-order chi connectivity index (χ1) is 9.79. The molecule has 0 bridgehead atoms. The number of fused-ring (bicyclic) bond motifs is 1. The van der Waals surface area contributed by atoms with Crippen molar-refractivity contribution in [1.82, 2.24) is 9.97 Å². The van der Waals surface area contributed by atoms with E-state index in [0.717, 1.165) is 29.7 Å². The molecule has 1 aromatic carbocycles. The van der Waals surface area contributed by atoms with Gasteiger partial charge >= 0.3 is 0 Å². The Bertz CT molecular complexity index is 742. The number of hydrogen-bond donors (Lipinski definition) is 0. The van der Waals surface area contributed by atoms with E-state index in [4.69, 9.17) is 0 Å².